The molecule has 9 rings (SSSR count). The van der Waals surface area contributed by atoms with Crippen LogP contribution in [0.25, 0.3) is 27.3 Å². The molecule has 1 saturated heterocycles. The number of nitrogen functional groups attached to an aromatic ring is 1. The lowest BCUT2D eigenvalue weighted by atomic mass is 9.85. The standard InChI is InChI=1S/C54H60ClN11O3S/c1-33-34(2)70-52-45(33)47(36-17-21-38(55)22-18-36)59-42(50-62-61-35(3)65(50)52)30-43(67)60-54(6,7)27-12-11-26-53(4,5)28-25-44(68)64-29-13-14-39(31-64)66-51-46(49(56)57-32-58-51)48(63-66)37-19-23-41(24-20-37)69-40-15-9-8-10-16-40/h8-10,15-25,28,32,39,42H,11-14,26-27,29-31H2,1-7H3,(H,60,67)(H2,56,57,58)/b28-25+/t39-,42+/m1/s1. The lowest BCUT2D eigenvalue weighted by Gasteiger charge is -2.32. The van der Waals surface area contributed by atoms with Crippen molar-refractivity contribution in [1.82, 2.24) is 44.7 Å². The zero-order valence-electron chi connectivity index (χ0n) is 40.9. The number of ether oxygens (including phenoxy) is 1. The number of hydrogen-bond acceptors (Lipinski definition) is 11. The van der Waals surface area contributed by atoms with Gasteiger partial charge in [-0.15, -0.1) is 21.5 Å². The number of thiophene rings is 1. The number of unbranched alkanes of at least 4 members (excludes halogenated alkanes) is 1. The molecule has 0 radical (unpaired) electrons. The molecule has 2 atom stereocenters. The minimum atomic E-state index is -0.545. The molecule has 14 nitrogen and oxygen atoms in total. The lowest BCUT2D eigenvalue weighted by molar-refractivity contribution is -0.127. The van der Waals surface area contributed by atoms with E-state index in [4.69, 9.17) is 32.2 Å². The van der Waals surface area contributed by atoms with Crippen molar-refractivity contribution in [1.29, 1.82) is 0 Å². The molecule has 3 aromatic carbocycles. The summed E-state index contributed by atoms with van der Waals surface area (Å²) in [4.78, 5) is 45.0. The molecule has 2 aliphatic heterocycles. The van der Waals surface area contributed by atoms with Gasteiger partial charge in [-0.3, -0.25) is 19.1 Å². The molecule has 0 saturated carbocycles. The van der Waals surface area contributed by atoms with Crippen molar-refractivity contribution >= 4 is 57.3 Å². The molecule has 0 aliphatic carbocycles. The number of rotatable bonds is 15. The summed E-state index contributed by atoms with van der Waals surface area (Å²) >= 11 is 7.99. The Hall–Kier alpha value is -6.71. The Morgan fingerprint density at radius 3 is 2.39 bits per heavy atom. The van der Waals surface area contributed by atoms with Crippen LogP contribution < -0.4 is 15.8 Å². The average Bonchev–Trinajstić information content (AvgIpc) is 3.99. The summed E-state index contributed by atoms with van der Waals surface area (Å²) in [6.07, 6.45) is 10.5. The van der Waals surface area contributed by atoms with E-state index in [1.54, 1.807) is 17.4 Å². The summed E-state index contributed by atoms with van der Waals surface area (Å²) in [5.74, 6) is 3.11. The fraction of sp³-hybridized carbons (Fsp3) is 0.370. The van der Waals surface area contributed by atoms with E-state index in [9.17, 15) is 9.59 Å². The van der Waals surface area contributed by atoms with Crippen LogP contribution >= 0.6 is 22.9 Å². The summed E-state index contributed by atoms with van der Waals surface area (Å²) in [6.45, 7) is 15.8. The Kier molecular flexibility index (Phi) is 13.8. The molecule has 6 heterocycles. The summed E-state index contributed by atoms with van der Waals surface area (Å²) in [5, 5.41) is 19.8. The topological polar surface area (TPSA) is 171 Å². The van der Waals surface area contributed by atoms with Gasteiger partial charge in [-0.05, 0) is 126 Å². The molecule has 2 aliphatic rings. The van der Waals surface area contributed by atoms with Crippen LogP contribution in [0.15, 0.2) is 102 Å². The maximum absolute atomic E-state index is 13.9. The van der Waals surface area contributed by atoms with Gasteiger partial charge in [0.1, 0.15) is 46.2 Å². The van der Waals surface area contributed by atoms with Crippen molar-refractivity contribution in [2.45, 2.75) is 111 Å². The Labute approximate surface area is 418 Å². The van der Waals surface area contributed by atoms with Crippen LogP contribution in [0.3, 0.4) is 0 Å². The first-order valence-corrected chi connectivity index (χ1v) is 25.2. The second-order valence-corrected chi connectivity index (χ2v) is 21.5. The van der Waals surface area contributed by atoms with E-state index in [2.05, 4.69) is 71.6 Å². The predicted molar refractivity (Wildman–Crippen MR) is 278 cm³/mol. The van der Waals surface area contributed by atoms with E-state index in [1.165, 1.54) is 11.2 Å². The van der Waals surface area contributed by atoms with Gasteiger partial charge in [0.25, 0.3) is 0 Å². The number of allylic oxidation sites excluding steroid dienone is 1. The number of aromatic nitrogens is 7. The van der Waals surface area contributed by atoms with Crippen LogP contribution in [0, 0.1) is 26.2 Å². The molecule has 7 aromatic rings. The number of carbonyl (C=O) groups excluding carboxylic acids is 2. The number of nitrogens with one attached hydrogen (secondary N) is 1. The average molecular weight is 979 g/mol. The van der Waals surface area contributed by atoms with Crippen LogP contribution in [0.5, 0.6) is 11.5 Å². The van der Waals surface area contributed by atoms with Gasteiger partial charge >= 0.3 is 0 Å². The van der Waals surface area contributed by atoms with Crippen molar-refractivity contribution in [3.8, 4) is 27.8 Å². The normalized spacial score (nSPS) is 16.2. The molecule has 2 amide bonds. The minimum Gasteiger partial charge on any atom is -0.457 e. The first-order valence-electron chi connectivity index (χ1n) is 24.0. The number of para-hydroxylation sites is 1. The number of nitrogens with zero attached hydrogens (tertiary/aromatic N) is 9. The van der Waals surface area contributed by atoms with E-state index in [0.29, 0.717) is 52.2 Å². The van der Waals surface area contributed by atoms with Crippen molar-refractivity contribution < 1.29 is 14.3 Å². The third-order valence-electron chi connectivity index (χ3n) is 13.4. The number of halogens is 1. The molecule has 0 spiro atoms. The van der Waals surface area contributed by atoms with Crippen LogP contribution in [0.4, 0.5) is 5.82 Å². The number of amides is 2. The van der Waals surface area contributed by atoms with E-state index >= 15 is 0 Å². The Morgan fingerprint density at radius 1 is 0.914 bits per heavy atom. The van der Waals surface area contributed by atoms with E-state index < -0.39 is 11.6 Å². The highest BCUT2D eigenvalue weighted by Crippen LogP contribution is 2.40. The summed E-state index contributed by atoms with van der Waals surface area (Å²) in [7, 11) is 0. The van der Waals surface area contributed by atoms with Gasteiger partial charge in [0.15, 0.2) is 11.5 Å². The van der Waals surface area contributed by atoms with Crippen molar-refractivity contribution in [3.05, 3.63) is 136 Å². The number of carbonyl (C=O) groups is 2. The molecule has 4 aromatic heterocycles. The molecule has 0 unspecified atom stereocenters. The largest absolute Gasteiger partial charge is 0.457 e. The summed E-state index contributed by atoms with van der Waals surface area (Å²) in [5.41, 5.74) is 11.9. The number of fused-ring (bicyclic) bond motifs is 4. The number of piperidine rings is 1. The van der Waals surface area contributed by atoms with Crippen LogP contribution in [-0.4, -0.2) is 75.6 Å². The maximum atomic E-state index is 13.9. The van der Waals surface area contributed by atoms with Gasteiger partial charge in [0.05, 0.1) is 23.6 Å². The second kappa shape index (κ2) is 20.0. The number of benzene rings is 3. The molecule has 16 heteroatoms. The fourth-order valence-electron chi connectivity index (χ4n) is 9.54. The lowest BCUT2D eigenvalue weighted by Crippen LogP contribution is -2.43. The van der Waals surface area contributed by atoms with E-state index in [0.717, 1.165) is 83.1 Å². The first kappa shape index (κ1) is 48.3. The highest BCUT2D eigenvalue weighted by Gasteiger charge is 2.34. The zero-order chi connectivity index (χ0) is 49.3. The Morgan fingerprint density at radius 2 is 1.63 bits per heavy atom. The predicted octanol–water partition coefficient (Wildman–Crippen LogP) is 11.3. The van der Waals surface area contributed by atoms with Gasteiger partial charge in [-0.1, -0.05) is 74.7 Å². The van der Waals surface area contributed by atoms with Crippen LogP contribution in [-0.2, 0) is 9.59 Å². The van der Waals surface area contributed by atoms with Gasteiger partial charge in [0, 0.05) is 45.2 Å². The molecular formula is C54H60ClN11O3S. The van der Waals surface area contributed by atoms with Crippen molar-refractivity contribution in [2.75, 3.05) is 18.8 Å². The van der Waals surface area contributed by atoms with Gasteiger partial charge < -0.3 is 20.7 Å². The molecule has 70 heavy (non-hydrogen) atoms. The Balaban J connectivity index is 0.798. The monoisotopic (exact) mass is 977 g/mol. The van der Waals surface area contributed by atoms with Gasteiger partial charge in [-0.25, -0.2) is 14.6 Å². The first-order chi connectivity index (χ1) is 33.5. The van der Waals surface area contributed by atoms with Crippen LogP contribution in [0.2, 0.25) is 5.02 Å². The second-order valence-electron chi connectivity index (χ2n) is 19.8. The summed E-state index contributed by atoms with van der Waals surface area (Å²) < 4.78 is 10.0. The van der Waals surface area contributed by atoms with Crippen molar-refractivity contribution in [2.24, 2.45) is 10.4 Å². The number of aliphatic imine (C=N–C) groups is 1. The number of anilines is 1. The number of hydrogen-bond donors (Lipinski definition) is 2. The molecule has 1 fully saturated rings. The fourth-order valence-corrected chi connectivity index (χ4v) is 10.9. The smallest absolute Gasteiger partial charge is 0.246 e. The third-order valence-corrected chi connectivity index (χ3v) is 14.9. The highest BCUT2D eigenvalue weighted by molar-refractivity contribution is 7.15. The quantitative estimate of drug-likeness (QED) is 0.0749. The molecule has 0 bridgehead atoms. The molecule has 3 N–H and O–H groups in total. The number of nitrogens with two attached hydrogens (primary N) is 1. The van der Waals surface area contributed by atoms with Crippen LogP contribution in [0.1, 0.15) is 118 Å². The minimum absolute atomic E-state index is 0.0194. The molecular weight excluding hydrogens is 918 g/mol. The maximum Gasteiger partial charge on any atom is 0.246 e. The number of likely N-dealkylation sites (tertiary alicyclic amines) is 1. The zero-order valence-corrected chi connectivity index (χ0v) is 42.4. The highest BCUT2D eigenvalue weighted by atomic mass is 35.5. The number of aryl methyl sites for hydroxylation is 2. The van der Waals surface area contributed by atoms with Crippen molar-refractivity contribution in [3.63, 3.8) is 0 Å². The van der Waals surface area contributed by atoms with Gasteiger partial charge in [-0.2, -0.15) is 5.10 Å². The SMILES string of the molecule is Cc1sc2c(c1C)C(c1ccc(Cl)cc1)=N[C@@H](CC(=O)NC(C)(C)CCCCC(C)(C)/C=C/C(=O)N1CCC[C@@H](n3nc(-c4ccc(Oc5ccccc5)cc4)c4c(N)ncnc43)C1)c1nnc(C)n1-2. The third kappa shape index (κ3) is 10.4. The molecule has 362 valence electrons. The van der Waals surface area contributed by atoms with E-state index in [1.807, 2.05) is 101 Å². The Bertz CT molecular complexity index is 3100. The van der Waals surface area contributed by atoms with E-state index in [-0.39, 0.29) is 29.7 Å². The summed E-state index contributed by atoms with van der Waals surface area (Å²) in [6, 6.07) is 24.5. The van der Waals surface area contributed by atoms with Gasteiger partial charge in [0.2, 0.25) is 11.8 Å².